The summed E-state index contributed by atoms with van der Waals surface area (Å²) in [5, 5.41) is 0. The lowest BCUT2D eigenvalue weighted by Crippen LogP contribution is -2.40. The molecule has 3 rings (SSSR count). The fourth-order valence-corrected chi connectivity index (χ4v) is 3.96. The maximum absolute atomic E-state index is 12.6. The Morgan fingerprint density at radius 2 is 1.68 bits per heavy atom. The fraction of sp³-hybridized carbons (Fsp3) is 0.450. The summed E-state index contributed by atoms with van der Waals surface area (Å²) >= 11 is 0. The first-order valence-electron chi connectivity index (χ1n) is 8.69. The lowest BCUT2D eigenvalue weighted by molar-refractivity contribution is -0.171. The summed E-state index contributed by atoms with van der Waals surface area (Å²) in [5.41, 5.74) is 1.05. The van der Waals surface area contributed by atoms with Crippen LogP contribution in [0.2, 0.25) is 0 Å². The van der Waals surface area contributed by atoms with Gasteiger partial charge in [0.1, 0.15) is 0 Å². The maximum atomic E-state index is 12.6. The zero-order valence-corrected chi connectivity index (χ0v) is 14.5. The molecule has 5 nitrogen and oxygen atoms in total. The first-order valence-corrected chi connectivity index (χ1v) is 8.69. The van der Waals surface area contributed by atoms with Gasteiger partial charge in [0, 0.05) is 12.0 Å². The Labute approximate surface area is 147 Å². The molecule has 2 aliphatic rings. The summed E-state index contributed by atoms with van der Waals surface area (Å²) in [7, 11) is 0. The van der Waals surface area contributed by atoms with Crippen LogP contribution in [0.25, 0.3) is 5.57 Å². The van der Waals surface area contributed by atoms with Crippen molar-refractivity contribution in [2.75, 3.05) is 13.2 Å². The van der Waals surface area contributed by atoms with E-state index in [1.54, 1.807) is 13.8 Å². The van der Waals surface area contributed by atoms with E-state index < -0.39 is 17.4 Å². The van der Waals surface area contributed by atoms with Crippen LogP contribution in [0.3, 0.4) is 0 Å². The van der Waals surface area contributed by atoms with E-state index in [-0.39, 0.29) is 37.8 Å². The van der Waals surface area contributed by atoms with Gasteiger partial charge in [0.15, 0.2) is 11.2 Å². The summed E-state index contributed by atoms with van der Waals surface area (Å²) in [6.45, 7) is 3.83. The molecule has 25 heavy (non-hydrogen) atoms. The van der Waals surface area contributed by atoms with Crippen LogP contribution in [0.15, 0.2) is 35.9 Å². The molecule has 5 heteroatoms. The second-order valence-corrected chi connectivity index (χ2v) is 6.49. The molecular formula is C20H22O5. The number of esters is 2. The Morgan fingerprint density at radius 3 is 2.24 bits per heavy atom. The minimum absolute atomic E-state index is 0.0764. The van der Waals surface area contributed by atoms with Gasteiger partial charge in [-0.05, 0) is 38.2 Å². The van der Waals surface area contributed by atoms with Gasteiger partial charge in [-0.15, -0.1) is 0 Å². The molecule has 1 unspecified atom stereocenters. The monoisotopic (exact) mass is 342 g/mol. The molecule has 1 atom stereocenters. The van der Waals surface area contributed by atoms with E-state index in [0.717, 1.165) is 11.1 Å². The van der Waals surface area contributed by atoms with Crippen molar-refractivity contribution in [3.8, 4) is 0 Å². The molecule has 0 saturated heterocycles. The topological polar surface area (TPSA) is 69.7 Å². The first kappa shape index (κ1) is 17.4. The summed E-state index contributed by atoms with van der Waals surface area (Å²) < 4.78 is 10.4. The third-order valence-corrected chi connectivity index (χ3v) is 5.01. The molecule has 0 aromatic heterocycles. The summed E-state index contributed by atoms with van der Waals surface area (Å²) in [4.78, 5) is 37.7. The van der Waals surface area contributed by atoms with Gasteiger partial charge in [-0.2, -0.15) is 0 Å². The lowest BCUT2D eigenvalue weighted by atomic mass is 9.83. The molecule has 2 aliphatic carbocycles. The SMILES string of the molecule is CCOC(=O)C1(C(=O)OCC)CC2=C(c3ccccc3)C(=O)CC2C1. The number of benzene rings is 1. The third kappa shape index (κ3) is 2.88. The zero-order chi connectivity index (χ0) is 18.0. The van der Waals surface area contributed by atoms with E-state index in [4.69, 9.17) is 9.47 Å². The van der Waals surface area contributed by atoms with Gasteiger partial charge < -0.3 is 9.47 Å². The number of carbonyl (C=O) groups is 3. The van der Waals surface area contributed by atoms with E-state index >= 15 is 0 Å². The highest BCUT2D eigenvalue weighted by molar-refractivity contribution is 6.24. The van der Waals surface area contributed by atoms with Crippen LogP contribution in [0.4, 0.5) is 0 Å². The van der Waals surface area contributed by atoms with Crippen LogP contribution in [0.5, 0.6) is 0 Å². The second kappa shape index (κ2) is 6.82. The largest absolute Gasteiger partial charge is 0.465 e. The van der Waals surface area contributed by atoms with Crippen LogP contribution in [0.1, 0.15) is 38.7 Å². The van der Waals surface area contributed by atoms with Crippen molar-refractivity contribution >= 4 is 23.3 Å². The average Bonchev–Trinajstić information content (AvgIpc) is 3.10. The van der Waals surface area contributed by atoms with Crippen molar-refractivity contribution in [1.82, 2.24) is 0 Å². The predicted molar refractivity (Wildman–Crippen MR) is 91.4 cm³/mol. The molecule has 0 heterocycles. The van der Waals surface area contributed by atoms with Crippen molar-refractivity contribution in [1.29, 1.82) is 0 Å². The van der Waals surface area contributed by atoms with Crippen LogP contribution in [0, 0.1) is 11.3 Å². The van der Waals surface area contributed by atoms with E-state index in [1.807, 2.05) is 30.3 Å². The lowest BCUT2D eigenvalue weighted by Gasteiger charge is -2.24. The van der Waals surface area contributed by atoms with Crippen molar-refractivity contribution in [2.45, 2.75) is 33.1 Å². The Balaban J connectivity index is 2.03. The smallest absolute Gasteiger partial charge is 0.323 e. The molecule has 0 aliphatic heterocycles. The molecule has 0 amide bonds. The standard InChI is InChI=1S/C20H22O5/c1-3-24-18(22)20(19(23)25-4-2)11-14-10-16(21)17(15(14)12-20)13-8-6-5-7-9-13/h5-9,14H,3-4,10-12H2,1-2H3. The number of ketones is 1. The van der Waals surface area contributed by atoms with Crippen molar-refractivity contribution < 1.29 is 23.9 Å². The van der Waals surface area contributed by atoms with Gasteiger partial charge in [0.2, 0.25) is 0 Å². The van der Waals surface area contributed by atoms with Crippen LogP contribution in [-0.2, 0) is 23.9 Å². The molecule has 0 spiro atoms. The molecule has 1 aromatic carbocycles. The molecular weight excluding hydrogens is 320 g/mol. The summed E-state index contributed by atoms with van der Waals surface area (Å²) in [6, 6.07) is 9.42. The molecule has 1 fully saturated rings. The maximum Gasteiger partial charge on any atom is 0.323 e. The molecule has 1 aromatic rings. The minimum atomic E-state index is -1.33. The van der Waals surface area contributed by atoms with Crippen LogP contribution < -0.4 is 0 Å². The van der Waals surface area contributed by atoms with E-state index in [0.29, 0.717) is 12.0 Å². The molecule has 132 valence electrons. The predicted octanol–water partition coefficient (Wildman–Crippen LogP) is 2.94. The zero-order valence-electron chi connectivity index (χ0n) is 14.5. The second-order valence-electron chi connectivity index (χ2n) is 6.49. The molecule has 0 bridgehead atoms. The van der Waals surface area contributed by atoms with Crippen LogP contribution >= 0.6 is 0 Å². The Kier molecular flexibility index (Phi) is 4.75. The van der Waals surface area contributed by atoms with Gasteiger partial charge in [0.25, 0.3) is 0 Å². The van der Waals surface area contributed by atoms with E-state index in [2.05, 4.69) is 0 Å². The molecule has 1 saturated carbocycles. The Hall–Kier alpha value is -2.43. The van der Waals surface area contributed by atoms with Crippen molar-refractivity contribution in [3.05, 3.63) is 41.5 Å². The number of Topliss-reactive ketones (excluding diaryl/α,β-unsaturated/α-hetero) is 1. The number of fused-ring (bicyclic) bond motifs is 1. The highest BCUT2D eigenvalue weighted by atomic mass is 16.6. The molecule has 0 radical (unpaired) electrons. The quantitative estimate of drug-likeness (QED) is 0.608. The number of ether oxygens (including phenoxy) is 2. The Bertz CT molecular complexity index is 714. The Morgan fingerprint density at radius 1 is 1.08 bits per heavy atom. The fourth-order valence-electron chi connectivity index (χ4n) is 3.96. The van der Waals surface area contributed by atoms with Gasteiger partial charge in [0.05, 0.1) is 13.2 Å². The number of rotatable bonds is 5. The first-order chi connectivity index (χ1) is 12.0. The van der Waals surface area contributed by atoms with Gasteiger partial charge in [-0.25, -0.2) is 0 Å². The van der Waals surface area contributed by atoms with Gasteiger partial charge >= 0.3 is 11.9 Å². The normalized spacial score (nSPS) is 21.2. The number of hydrogen-bond acceptors (Lipinski definition) is 5. The van der Waals surface area contributed by atoms with Crippen molar-refractivity contribution in [3.63, 3.8) is 0 Å². The number of hydrogen-bond donors (Lipinski definition) is 0. The van der Waals surface area contributed by atoms with Gasteiger partial charge in [-0.1, -0.05) is 35.9 Å². The highest BCUT2D eigenvalue weighted by Crippen LogP contribution is 2.54. The van der Waals surface area contributed by atoms with Gasteiger partial charge in [-0.3, -0.25) is 14.4 Å². The summed E-state index contributed by atoms with van der Waals surface area (Å²) in [6.07, 6.45) is 0.813. The van der Waals surface area contributed by atoms with Crippen molar-refractivity contribution in [2.24, 2.45) is 11.3 Å². The third-order valence-electron chi connectivity index (χ3n) is 5.01. The average molecular weight is 342 g/mol. The number of allylic oxidation sites excluding steroid dienone is 2. The van der Waals surface area contributed by atoms with E-state index in [1.165, 1.54) is 0 Å². The van der Waals surface area contributed by atoms with Crippen LogP contribution in [-0.4, -0.2) is 30.9 Å². The summed E-state index contributed by atoms with van der Waals surface area (Å²) in [5.74, 6) is -1.12. The number of carbonyl (C=O) groups excluding carboxylic acids is 3. The van der Waals surface area contributed by atoms with E-state index in [9.17, 15) is 14.4 Å². The molecule has 0 N–H and O–H groups in total. The highest BCUT2D eigenvalue weighted by Gasteiger charge is 2.58. The minimum Gasteiger partial charge on any atom is -0.465 e.